The van der Waals surface area contributed by atoms with E-state index in [9.17, 15) is 9.59 Å². The highest BCUT2D eigenvalue weighted by molar-refractivity contribution is 9.10. The van der Waals surface area contributed by atoms with Gasteiger partial charge in [-0.15, -0.1) is 11.3 Å². The Morgan fingerprint density at radius 1 is 1.12 bits per heavy atom. The fourth-order valence-corrected chi connectivity index (χ4v) is 6.57. The van der Waals surface area contributed by atoms with Gasteiger partial charge in [-0.05, 0) is 35.2 Å². The van der Waals surface area contributed by atoms with Gasteiger partial charge in [0.2, 0.25) is 5.91 Å². The number of benzene rings is 2. The highest BCUT2D eigenvalue weighted by atomic mass is 79.9. The number of halogens is 1. The van der Waals surface area contributed by atoms with E-state index in [1.165, 1.54) is 5.56 Å². The molecule has 0 saturated heterocycles. The van der Waals surface area contributed by atoms with Crippen molar-refractivity contribution in [2.24, 2.45) is 0 Å². The molecule has 5 rings (SSSR count). The van der Waals surface area contributed by atoms with Crippen LogP contribution in [0.15, 0.2) is 69.0 Å². The van der Waals surface area contributed by atoms with E-state index in [1.807, 2.05) is 51.9 Å². The molecule has 5 nitrogen and oxygen atoms in total. The molecule has 2 aromatic carbocycles. The normalized spacial score (nSPS) is 13.3. The van der Waals surface area contributed by atoms with Gasteiger partial charge >= 0.3 is 0 Å². The highest BCUT2D eigenvalue weighted by Gasteiger charge is 2.26. The molecular formula is C25H22BrN3O2S2. The first kappa shape index (κ1) is 22.4. The van der Waals surface area contributed by atoms with E-state index in [-0.39, 0.29) is 11.5 Å². The van der Waals surface area contributed by atoms with Gasteiger partial charge in [-0.25, -0.2) is 4.98 Å². The first-order chi connectivity index (χ1) is 16.0. The average molecular weight is 541 g/mol. The number of amides is 1. The summed E-state index contributed by atoms with van der Waals surface area (Å²) in [6, 6.07) is 18.2. The molecule has 1 amide bonds. The maximum atomic E-state index is 13.8. The molecule has 1 aliphatic rings. The SMILES string of the molecule is CC(=O)N1CCc2c(sc3nc(SCc4ccc(Br)cc4)n(Cc4ccccc4)c(=O)c23)C1. The maximum absolute atomic E-state index is 13.8. The van der Waals surface area contributed by atoms with Crippen LogP contribution < -0.4 is 5.56 Å². The summed E-state index contributed by atoms with van der Waals surface area (Å²) in [5, 5.41) is 1.45. The van der Waals surface area contributed by atoms with Crippen LogP contribution in [0.3, 0.4) is 0 Å². The number of carbonyl (C=O) groups excluding carboxylic acids is 1. The van der Waals surface area contributed by atoms with Crippen molar-refractivity contribution in [1.82, 2.24) is 14.5 Å². The van der Waals surface area contributed by atoms with E-state index < -0.39 is 0 Å². The lowest BCUT2D eigenvalue weighted by atomic mass is 10.1. The van der Waals surface area contributed by atoms with E-state index in [1.54, 1.807) is 30.0 Å². The Labute approximate surface area is 208 Å². The molecule has 0 unspecified atom stereocenters. The predicted molar refractivity (Wildman–Crippen MR) is 138 cm³/mol. The van der Waals surface area contributed by atoms with Crippen molar-refractivity contribution < 1.29 is 4.79 Å². The topological polar surface area (TPSA) is 55.2 Å². The molecule has 0 aliphatic carbocycles. The van der Waals surface area contributed by atoms with Crippen LogP contribution in [0.5, 0.6) is 0 Å². The monoisotopic (exact) mass is 539 g/mol. The largest absolute Gasteiger partial charge is 0.337 e. The first-order valence-electron chi connectivity index (χ1n) is 10.7. The van der Waals surface area contributed by atoms with Crippen LogP contribution in [-0.2, 0) is 30.1 Å². The van der Waals surface area contributed by atoms with E-state index in [2.05, 4.69) is 28.1 Å². The van der Waals surface area contributed by atoms with Crippen molar-refractivity contribution in [1.29, 1.82) is 0 Å². The van der Waals surface area contributed by atoms with Crippen LogP contribution in [0, 0.1) is 0 Å². The van der Waals surface area contributed by atoms with Crippen LogP contribution in [0.4, 0.5) is 0 Å². The fraction of sp³-hybridized carbons (Fsp3) is 0.240. The number of fused-ring (bicyclic) bond motifs is 3. The van der Waals surface area contributed by atoms with Crippen molar-refractivity contribution >= 4 is 55.2 Å². The Kier molecular flexibility index (Phi) is 6.40. The van der Waals surface area contributed by atoms with Crippen molar-refractivity contribution in [3.63, 3.8) is 0 Å². The second-order valence-electron chi connectivity index (χ2n) is 8.06. The zero-order valence-corrected chi connectivity index (χ0v) is 21.3. The van der Waals surface area contributed by atoms with Crippen molar-refractivity contribution in [3.8, 4) is 0 Å². The molecule has 1 aliphatic heterocycles. The maximum Gasteiger partial charge on any atom is 0.263 e. The molecule has 0 fully saturated rings. The number of aromatic nitrogens is 2. The molecule has 0 atom stereocenters. The Hall–Kier alpha value is -2.42. The van der Waals surface area contributed by atoms with Gasteiger partial charge in [-0.1, -0.05) is 70.2 Å². The third-order valence-electron chi connectivity index (χ3n) is 5.84. The number of hydrogen-bond donors (Lipinski definition) is 0. The van der Waals surface area contributed by atoms with Gasteiger partial charge < -0.3 is 4.90 Å². The quantitative estimate of drug-likeness (QED) is 0.249. The third kappa shape index (κ3) is 4.65. The lowest BCUT2D eigenvalue weighted by Gasteiger charge is -2.25. The Bertz CT molecular complexity index is 1380. The van der Waals surface area contributed by atoms with Gasteiger partial charge in [0.1, 0.15) is 4.83 Å². The summed E-state index contributed by atoms with van der Waals surface area (Å²) >= 11 is 6.61. The highest BCUT2D eigenvalue weighted by Crippen LogP contribution is 2.34. The first-order valence-corrected chi connectivity index (χ1v) is 13.3. The summed E-state index contributed by atoms with van der Waals surface area (Å²) in [6.45, 7) is 3.29. The fourth-order valence-electron chi connectivity index (χ4n) is 4.07. The minimum Gasteiger partial charge on any atom is -0.337 e. The molecule has 8 heteroatoms. The van der Waals surface area contributed by atoms with Gasteiger partial charge in [0.05, 0.1) is 18.5 Å². The molecule has 0 radical (unpaired) electrons. The molecule has 4 aromatic rings. The van der Waals surface area contributed by atoms with E-state index in [4.69, 9.17) is 4.98 Å². The second kappa shape index (κ2) is 9.44. The molecule has 0 bridgehead atoms. The number of rotatable bonds is 5. The van der Waals surface area contributed by atoms with Crippen LogP contribution in [0.1, 0.15) is 28.5 Å². The van der Waals surface area contributed by atoms with Crippen LogP contribution in [0.25, 0.3) is 10.2 Å². The summed E-state index contributed by atoms with van der Waals surface area (Å²) in [6.07, 6.45) is 0.697. The summed E-state index contributed by atoms with van der Waals surface area (Å²) in [5.41, 5.74) is 3.32. The third-order valence-corrected chi connectivity index (χ3v) is 8.52. The molecule has 0 spiro atoms. The van der Waals surface area contributed by atoms with E-state index in [0.29, 0.717) is 26.1 Å². The molecule has 168 valence electrons. The lowest BCUT2D eigenvalue weighted by Crippen LogP contribution is -2.34. The van der Waals surface area contributed by atoms with E-state index >= 15 is 0 Å². The average Bonchev–Trinajstić information content (AvgIpc) is 3.19. The number of thiophene rings is 1. The van der Waals surface area contributed by atoms with Gasteiger partial charge in [0.15, 0.2) is 5.16 Å². The summed E-state index contributed by atoms with van der Waals surface area (Å²) in [5.74, 6) is 0.793. The molecule has 0 N–H and O–H groups in total. The zero-order chi connectivity index (χ0) is 22.9. The second-order valence-corrected chi connectivity index (χ2v) is 11.0. The minimum atomic E-state index is 0.0101. The zero-order valence-electron chi connectivity index (χ0n) is 18.1. The lowest BCUT2D eigenvalue weighted by molar-refractivity contribution is -0.129. The van der Waals surface area contributed by atoms with Crippen molar-refractivity contribution in [2.75, 3.05) is 6.54 Å². The molecule has 0 saturated carbocycles. The van der Waals surface area contributed by atoms with Gasteiger partial charge in [0, 0.05) is 28.6 Å². The Balaban J connectivity index is 1.57. The number of thioether (sulfide) groups is 1. The Morgan fingerprint density at radius 3 is 2.61 bits per heavy atom. The van der Waals surface area contributed by atoms with Gasteiger partial charge in [-0.2, -0.15) is 0 Å². The molecule has 3 heterocycles. The summed E-state index contributed by atoms with van der Waals surface area (Å²) < 4.78 is 2.85. The van der Waals surface area contributed by atoms with Crippen molar-refractivity contribution in [3.05, 3.63) is 91.0 Å². The summed E-state index contributed by atoms with van der Waals surface area (Å²) in [4.78, 5) is 34.3. The van der Waals surface area contributed by atoms with Crippen molar-refractivity contribution in [2.45, 2.75) is 37.3 Å². The molecular weight excluding hydrogens is 518 g/mol. The summed E-state index contributed by atoms with van der Waals surface area (Å²) in [7, 11) is 0. The standard InChI is InChI=1S/C25H22BrN3O2S2/c1-16(30)28-12-11-20-21(14-28)33-23-22(20)24(31)29(13-17-5-3-2-4-6-17)25(27-23)32-15-18-7-9-19(26)10-8-18/h2-10H,11-15H2,1H3. The Morgan fingerprint density at radius 2 is 1.88 bits per heavy atom. The van der Waals surface area contributed by atoms with Crippen LogP contribution >= 0.6 is 39.0 Å². The van der Waals surface area contributed by atoms with Crippen LogP contribution in [-0.4, -0.2) is 26.9 Å². The molecule has 2 aromatic heterocycles. The number of nitrogens with zero attached hydrogens (tertiary/aromatic N) is 3. The predicted octanol–water partition coefficient (Wildman–Crippen LogP) is 5.47. The molecule has 33 heavy (non-hydrogen) atoms. The van der Waals surface area contributed by atoms with E-state index in [0.717, 1.165) is 41.6 Å². The number of carbonyl (C=O) groups is 1. The minimum absolute atomic E-state index is 0.0101. The van der Waals surface area contributed by atoms with Crippen LogP contribution in [0.2, 0.25) is 0 Å². The number of hydrogen-bond acceptors (Lipinski definition) is 5. The van der Waals surface area contributed by atoms with Gasteiger partial charge in [-0.3, -0.25) is 14.2 Å². The smallest absolute Gasteiger partial charge is 0.263 e. The van der Waals surface area contributed by atoms with Gasteiger partial charge in [0.25, 0.3) is 5.56 Å².